The van der Waals surface area contributed by atoms with Crippen LogP contribution in [-0.4, -0.2) is 39.4 Å². The number of fused-ring (bicyclic) bond motifs is 1. The number of benzene rings is 4. The molecule has 4 aromatic carbocycles. The minimum absolute atomic E-state index is 0.484. The van der Waals surface area contributed by atoms with E-state index in [0.29, 0.717) is 23.1 Å². The second kappa shape index (κ2) is 14.3. The maximum absolute atomic E-state index is 11.4. The summed E-state index contributed by atoms with van der Waals surface area (Å²) in [6.45, 7) is 3.50. The Morgan fingerprint density at radius 1 is 0.946 bits per heavy atom. The van der Waals surface area contributed by atoms with Crippen LogP contribution in [0, 0.1) is 0 Å². The van der Waals surface area contributed by atoms with Crippen molar-refractivity contribution in [1.82, 2.24) is 0 Å². The van der Waals surface area contributed by atoms with Gasteiger partial charge in [0.25, 0.3) is 0 Å². The Morgan fingerprint density at radius 3 is 2.22 bits per heavy atom. The summed E-state index contributed by atoms with van der Waals surface area (Å²) in [6.07, 6.45) is 2.28. The van der Waals surface area contributed by atoms with Crippen LogP contribution >= 0.6 is 23.5 Å². The number of ether oxygens (including phenoxy) is 3. The lowest BCUT2D eigenvalue weighted by Gasteiger charge is -2.14. The molecule has 4 aromatic rings. The van der Waals surface area contributed by atoms with Gasteiger partial charge in [-0.1, -0.05) is 42.5 Å². The van der Waals surface area contributed by atoms with Gasteiger partial charge in [0, 0.05) is 21.7 Å². The van der Waals surface area contributed by atoms with Crippen molar-refractivity contribution >= 4 is 53.0 Å². The van der Waals surface area contributed by atoms with Crippen molar-refractivity contribution in [3.63, 3.8) is 0 Å². The Labute approximate surface area is 226 Å². The molecule has 6 nitrogen and oxygen atoms in total. The number of nitrogens with zero attached hydrogens (tertiary/aromatic N) is 1. The summed E-state index contributed by atoms with van der Waals surface area (Å²) in [6, 6.07) is 25.4. The molecule has 0 saturated heterocycles. The topological polar surface area (TPSA) is 83.1 Å². The van der Waals surface area contributed by atoms with E-state index in [1.165, 1.54) is 16.7 Å². The van der Waals surface area contributed by atoms with Gasteiger partial charge < -0.3 is 19.9 Å². The number of thioether (sulfide) groups is 2. The van der Waals surface area contributed by atoms with Crippen LogP contribution in [0.1, 0.15) is 11.7 Å². The van der Waals surface area contributed by atoms with Crippen LogP contribution in [0.3, 0.4) is 0 Å². The van der Waals surface area contributed by atoms with Crippen molar-refractivity contribution in [2.75, 3.05) is 26.4 Å². The number of aliphatic imine (C=N–C) groups is 1. The molecule has 0 aliphatic heterocycles. The normalized spacial score (nSPS) is 11.1. The Bertz CT molecular complexity index is 1330. The van der Waals surface area contributed by atoms with Crippen LogP contribution in [0.25, 0.3) is 10.8 Å². The van der Waals surface area contributed by atoms with Crippen LogP contribution in [0.4, 0.5) is 5.69 Å². The van der Waals surface area contributed by atoms with Crippen molar-refractivity contribution in [3.05, 3.63) is 84.4 Å². The van der Waals surface area contributed by atoms with Gasteiger partial charge in [-0.2, -0.15) is 0 Å². The number of rotatable bonds is 10. The summed E-state index contributed by atoms with van der Waals surface area (Å²) in [5, 5.41) is 2.25. The van der Waals surface area contributed by atoms with E-state index in [1.807, 2.05) is 73.0 Å². The van der Waals surface area contributed by atoms with E-state index in [9.17, 15) is 4.79 Å². The Hall–Kier alpha value is -3.46. The van der Waals surface area contributed by atoms with E-state index in [1.54, 1.807) is 32.0 Å². The maximum Gasteiger partial charge on any atom is 0.179 e. The zero-order valence-electron chi connectivity index (χ0n) is 21.0. The van der Waals surface area contributed by atoms with Crippen molar-refractivity contribution in [2.24, 2.45) is 10.7 Å². The molecule has 0 radical (unpaired) electrons. The third kappa shape index (κ3) is 7.52. The first-order valence-electron chi connectivity index (χ1n) is 11.4. The highest BCUT2D eigenvalue weighted by molar-refractivity contribution is 7.99. The molecule has 1 unspecified atom stereocenters. The van der Waals surface area contributed by atoms with Crippen molar-refractivity contribution in [1.29, 1.82) is 0 Å². The van der Waals surface area contributed by atoms with E-state index in [-0.39, 0.29) is 0 Å². The standard InChI is InChI=1S/C19H16O2S.C10H14N2O2S/c1-22-18-10-7-15(8-11-18)19(13-20)21-17-9-6-14-4-2-3-5-16(14)12-17;1-12-7-4-8(13-2)9(14-3)5-10(7)15-6-11/h2-13,19H,1H3;4-5H,1,6,11H2,2-3H3. The lowest BCUT2D eigenvalue weighted by atomic mass is 10.1. The van der Waals surface area contributed by atoms with Crippen LogP contribution in [0.15, 0.2) is 93.6 Å². The molecule has 192 valence electrons. The highest BCUT2D eigenvalue weighted by Crippen LogP contribution is 2.39. The smallest absolute Gasteiger partial charge is 0.179 e. The molecule has 37 heavy (non-hydrogen) atoms. The van der Waals surface area contributed by atoms with Gasteiger partial charge in [0.1, 0.15) is 5.75 Å². The van der Waals surface area contributed by atoms with Gasteiger partial charge in [-0.15, -0.1) is 23.5 Å². The first-order chi connectivity index (χ1) is 18.1. The molecular weight excluding hydrogens is 504 g/mol. The summed E-state index contributed by atoms with van der Waals surface area (Å²) >= 11 is 3.16. The Kier molecular flexibility index (Phi) is 10.9. The molecule has 0 heterocycles. The van der Waals surface area contributed by atoms with E-state index >= 15 is 0 Å². The van der Waals surface area contributed by atoms with Crippen LogP contribution < -0.4 is 19.9 Å². The third-order valence-corrected chi connectivity index (χ3v) is 6.97. The van der Waals surface area contributed by atoms with Gasteiger partial charge in [0.2, 0.25) is 0 Å². The van der Waals surface area contributed by atoms with Gasteiger partial charge in [-0.3, -0.25) is 9.79 Å². The minimum Gasteiger partial charge on any atom is -0.493 e. The summed E-state index contributed by atoms with van der Waals surface area (Å²) in [5.41, 5.74) is 7.09. The fourth-order valence-electron chi connectivity index (χ4n) is 3.53. The van der Waals surface area contributed by atoms with Gasteiger partial charge in [0.15, 0.2) is 23.9 Å². The summed E-state index contributed by atoms with van der Waals surface area (Å²) < 4.78 is 16.2. The van der Waals surface area contributed by atoms with Crippen LogP contribution in [-0.2, 0) is 4.79 Å². The molecule has 1 atom stereocenters. The summed E-state index contributed by atoms with van der Waals surface area (Å²) in [5.74, 6) is 2.49. The fraction of sp³-hybridized carbons (Fsp3) is 0.172. The predicted octanol–water partition coefficient (Wildman–Crippen LogP) is 6.92. The first-order valence-corrected chi connectivity index (χ1v) is 13.6. The van der Waals surface area contributed by atoms with Gasteiger partial charge in [-0.05, 0) is 59.6 Å². The zero-order chi connectivity index (χ0) is 26.6. The largest absolute Gasteiger partial charge is 0.493 e. The van der Waals surface area contributed by atoms with E-state index in [2.05, 4.69) is 17.8 Å². The molecule has 0 aromatic heterocycles. The SMILES string of the molecule is C=Nc1cc(OC)c(OC)cc1SCN.CSc1ccc(C(C=O)Oc2ccc3ccccc3c2)cc1. The second-order valence-electron chi connectivity index (χ2n) is 7.60. The number of hydrogen-bond donors (Lipinski definition) is 1. The Morgan fingerprint density at radius 2 is 1.62 bits per heavy atom. The molecule has 2 N–H and O–H groups in total. The molecule has 0 amide bonds. The number of aldehydes is 1. The molecule has 0 fully saturated rings. The van der Waals surface area contributed by atoms with Crippen LogP contribution in [0.5, 0.6) is 17.2 Å². The molecule has 0 aliphatic carbocycles. The number of nitrogens with two attached hydrogens (primary N) is 1. The highest BCUT2D eigenvalue weighted by atomic mass is 32.2. The average Bonchev–Trinajstić information content (AvgIpc) is 2.96. The highest BCUT2D eigenvalue weighted by Gasteiger charge is 2.13. The van der Waals surface area contributed by atoms with Gasteiger partial charge >= 0.3 is 0 Å². The zero-order valence-corrected chi connectivity index (χ0v) is 22.7. The molecule has 0 saturated carbocycles. The lowest BCUT2D eigenvalue weighted by molar-refractivity contribution is -0.113. The van der Waals surface area contributed by atoms with E-state index in [0.717, 1.165) is 33.2 Å². The molecule has 0 bridgehead atoms. The monoisotopic (exact) mass is 534 g/mol. The minimum atomic E-state index is -0.586. The average molecular weight is 535 g/mol. The predicted molar refractivity (Wildman–Crippen MR) is 155 cm³/mol. The maximum atomic E-state index is 11.4. The van der Waals surface area contributed by atoms with Crippen molar-refractivity contribution in [2.45, 2.75) is 15.9 Å². The second-order valence-corrected chi connectivity index (χ2v) is 9.54. The van der Waals surface area contributed by atoms with E-state index in [4.69, 9.17) is 19.9 Å². The summed E-state index contributed by atoms with van der Waals surface area (Å²) in [7, 11) is 3.18. The summed E-state index contributed by atoms with van der Waals surface area (Å²) in [4.78, 5) is 17.4. The van der Waals surface area contributed by atoms with Crippen molar-refractivity contribution < 1.29 is 19.0 Å². The van der Waals surface area contributed by atoms with Gasteiger partial charge in [-0.25, -0.2) is 0 Å². The number of methoxy groups -OCH3 is 2. The fourth-order valence-corrected chi connectivity index (χ4v) is 4.58. The molecule has 0 spiro atoms. The molecule has 0 aliphatic rings. The molecule has 4 rings (SSSR count). The van der Waals surface area contributed by atoms with Gasteiger partial charge in [0.05, 0.1) is 19.9 Å². The quantitative estimate of drug-likeness (QED) is 0.102. The van der Waals surface area contributed by atoms with E-state index < -0.39 is 6.10 Å². The Balaban J connectivity index is 0.000000222. The molecular formula is C29H30N2O4S2. The number of hydrogen-bond acceptors (Lipinski definition) is 8. The number of carbonyl (C=O) groups excluding carboxylic acids is 1. The lowest BCUT2D eigenvalue weighted by Crippen LogP contribution is -2.08. The van der Waals surface area contributed by atoms with Crippen LogP contribution in [0.2, 0.25) is 0 Å². The molecule has 8 heteroatoms. The third-order valence-electron chi connectivity index (χ3n) is 5.43. The first kappa shape index (κ1) is 28.1. The number of carbonyl (C=O) groups is 1. The van der Waals surface area contributed by atoms with Crippen molar-refractivity contribution in [3.8, 4) is 17.2 Å².